The van der Waals surface area contributed by atoms with Gasteiger partial charge in [-0.25, -0.2) is 0 Å². The number of hydrogen-bond donors (Lipinski definition) is 2. The van der Waals surface area contributed by atoms with Gasteiger partial charge in [-0.3, -0.25) is 0 Å². The minimum Gasteiger partial charge on any atom is -0.384 e. The second-order valence-corrected chi connectivity index (χ2v) is 4.84. The molecule has 0 saturated carbocycles. The first kappa shape index (κ1) is 15.2. The maximum atomic E-state index is 10.4. The van der Waals surface area contributed by atoms with Crippen LogP contribution in [0.25, 0.3) is 0 Å². The molecule has 1 atom stereocenters. The van der Waals surface area contributed by atoms with Gasteiger partial charge in [0.1, 0.15) is 0 Å². The van der Waals surface area contributed by atoms with Crippen LogP contribution in [0.15, 0.2) is 30.3 Å². The van der Waals surface area contributed by atoms with E-state index in [1.165, 1.54) is 0 Å². The summed E-state index contributed by atoms with van der Waals surface area (Å²) >= 11 is 0. The highest BCUT2D eigenvalue weighted by molar-refractivity contribution is 5.21. The van der Waals surface area contributed by atoms with Crippen molar-refractivity contribution in [1.29, 1.82) is 0 Å². The Labute approximate surface area is 111 Å². The van der Waals surface area contributed by atoms with E-state index in [0.717, 1.165) is 31.7 Å². The van der Waals surface area contributed by atoms with Crippen LogP contribution in [0.3, 0.4) is 0 Å². The number of nitrogens with zero attached hydrogens (tertiary/aromatic N) is 1. The summed E-state index contributed by atoms with van der Waals surface area (Å²) < 4.78 is 0. The van der Waals surface area contributed by atoms with Gasteiger partial charge in [0.2, 0.25) is 0 Å². The van der Waals surface area contributed by atoms with Crippen LogP contribution in [0, 0.1) is 0 Å². The maximum Gasteiger partial charge on any atom is 0.0992 e. The van der Waals surface area contributed by atoms with E-state index >= 15 is 0 Å². The van der Waals surface area contributed by atoms with Gasteiger partial charge in [0, 0.05) is 19.6 Å². The molecule has 0 amide bonds. The first-order chi connectivity index (χ1) is 8.60. The molecule has 0 aromatic heterocycles. The van der Waals surface area contributed by atoms with Gasteiger partial charge < -0.3 is 15.3 Å². The van der Waals surface area contributed by atoms with Crippen LogP contribution in [-0.2, 0) is 5.60 Å². The Morgan fingerprint density at radius 3 is 2.33 bits per heavy atom. The molecule has 2 N–H and O–H groups in total. The lowest BCUT2D eigenvalue weighted by Crippen LogP contribution is -2.39. The fourth-order valence-electron chi connectivity index (χ4n) is 2.01. The fourth-order valence-corrected chi connectivity index (χ4v) is 2.01. The lowest BCUT2D eigenvalue weighted by atomic mass is 9.96. The van der Waals surface area contributed by atoms with Crippen LogP contribution in [-0.4, -0.2) is 42.7 Å². The van der Waals surface area contributed by atoms with E-state index in [2.05, 4.69) is 24.1 Å². The second kappa shape index (κ2) is 7.52. The molecule has 1 rings (SSSR count). The normalized spacial score (nSPS) is 14.7. The third-order valence-electron chi connectivity index (χ3n) is 3.36. The standard InChI is InChI=1S/C15H26N2O/c1-4-17(5-2)12-11-16-13-15(3,18)14-9-7-6-8-10-14/h6-10,16,18H,4-5,11-13H2,1-3H3. The van der Waals surface area contributed by atoms with E-state index < -0.39 is 5.60 Å². The SMILES string of the molecule is CCN(CC)CCNCC(C)(O)c1ccccc1. The van der Waals surface area contributed by atoms with Gasteiger partial charge in [-0.15, -0.1) is 0 Å². The van der Waals surface area contributed by atoms with E-state index in [0.29, 0.717) is 6.54 Å². The Morgan fingerprint density at radius 1 is 1.17 bits per heavy atom. The van der Waals surface area contributed by atoms with Crippen molar-refractivity contribution in [2.75, 3.05) is 32.7 Å². The van der Waals surface area contributed by atoms with Gasteiger partial charge in [0.25, 0.3) is 0 Å². The zero-order chi connectivity index (χ0) is 13.4. The summed E-state index contributed by atoms with van der Waals surface area (Å²) in [6, 6.07) is 9.81. The lowest BCUT2D eigenvalue weighted by molar-refractivity contribution is 0.0565. The van der Waals surface area contributed by atoms with E-state index in [1.807, 2.05) is 37.3 Å². The van der Waals surface area contributed by atoms with Crippen molar-refractivity contribution in [2.24, 2.45) is 0 Å². The molecule has 3 heteroatoms. The lowest BCUT2D eigenvalue weighted by Gasteiger charge is -2.25. The Kier molecular flexibility index (Phi) is 6.33. The first-order valence-corrected chi connectivity index (χ1v) is 6.81. The van der Waals surface area contributed by atoms with E-state index in [9.17, 15) is 5.11 Å². The van der Waals surface area contributed by atoms with Gasteiger partial charge in [-0.1, -0.05) is 44.2 Å². The van der Waals surface area contributed by atoms with Crippen LogP contribution in [0.4, 0.5) is 0 Å². The van der Waals surface area contributed by atoms with Crippen LogP contribution < -0.4 is 5.32 Å². The summed E-state index contributed by atoms with van der Waals surface area (Å²) in [5, 5.41) is 13.7. The molecule has 18 heavy (non-hydrogen) atoms. The number of hydrogen-bond acceptors (Lipinski definition) is 3. The number of aliphatic hydroxyl groups is 1. The van der Waals surface area contributed by atoms with Gasteiger partial charge in [0.15, 0.2) is 0 Å². The van der Waals surface area contributed by atoms with Gasteiger partial charge in [-0.2, -0.15) is 0 Å². The molecule has 0 aliphatic heterocycles. The first-order valence-electron chi connectivity index (χ1n) is 6.81. The Bertz CT molecular complexity index is 321. The van der Waals surface area contributed by atoms with E-state index in [1.54, 1.807) is 0 Å². The highest BCUT2D eigenvalue weighted by Gasteiger charge is 2.21. The molecule has 3 nitrogen and oxygen atoms in total. The zero-order valence-electron chi connectivity index (χ0n) is 11.8. The van der Waals surface area contributed by atoms with Crippen molar-refractivity contribution in [3.63, 3.8) is 0 Å². The zero-order valence-corrected chi connectivity index (χ0v) is 11.8. The van der Waals surface area contributed by atoms with Crippen LogP contribution in [0.1, 0.15) is 26.3 Å². The van der Waals surface area contributed by atoms with Crippen molar-refractivity contribution in [3.05, 3.63) is 35.9 Å². The van der Waals surface area contributed by atoms with Crippen LogP contribution in [0.2, 0.25) is 0 Å². The quantitative estimate of drug-likeness (QED) is 0.691. The van der Waals surface area contributed by atoms with Crippen molar-refractivity contribution in [3.8, 4) is 0 Å². The molecule has 0 heterocycles. The summed E-state index contributed by atoms with van der Waals surface area (Å²) in [6.45, 7) is 10.9. The number of nitrogens with one attached hydrogen (secondary N) is 1. The average molecular weight is 250 g/mol. The Balaban J connectivity index is 2.34. The van der Waals surface area contributed by atoms with Crippen molar-refractivity contribution >= 4 is 0 Å². The molecule has 1 unspecified atom stereocenters. The molecular weight excluding hydrogens is 224 g/mol. The third kappa shape index (κ3) is 4.77. The van der Waals surface area contributed by atoms with Crippen LogP contribution in [0.5, 0.6) is 0 Å². The molecule has 0 aliphatic carbocycles. The van der Waals surface area contributed by atoms with Gasteiger partial charge in [0.05, 0.1) is 5.60 Å². The molecule has 0 aliphatic rings. The average Bonchev–Trinajstić information content (AvgIpc) is 2.40. The van der Waals surface area contributed by atoms with Gasteiger partial charge in [-0.05, 0) is 25.6 Å². The molecule has 1 aromatic carbocycles. The Hall–Kier alpha value is -0.900. The molecule has 0 spiro atoms. The monoisotopic (exact) mass is 250 g/mol. The van der Waals surface area contributed by atoms with Crippen molar-refractivity contribution < 1.29 is 5.11 Å². The summed E-state index contributed by atoms with van der Waals surface area (Å²) in [7, 11) is 0. The van der Waals surface area contributed by atoms with Gasteiger partial charge >= 0.3 is 0 Å². The van der Waals surface area contributed by atoms with E-state index in [-0.39, 0.29) is 0 Å². The fraction of sp³-hybridized carbons (Fsp3) is 0.600. The smallest absolute Gasteiger partial charge is 0.0992 e. The molecule has 102 valence electrons. The summed E-state index contributed by atoms with van der Waals surface area (Å²) in [4.78, 5) is 2.37. The highest BCUT2D eigenvalue weighted by Crippen LogP contribution is 2.18. The summed E-state index contributed by atoms with van der Waals surface area (Å²) in [5.41, 5.74) is 0.158. The molecular formula is C15H26N2O. The van der Waals surface area contributed by atoms with Crippen molar-refractivity contribution in [2.45, 2.75) is 26.4 Å². The molecule has 0 radical (unpaired) electrons. The Morgan fingerprint density at radius 2 is 1.78 bits per heavy atom. The van der Waals surface area contributed by atoms with Crippen molar-refractivity contribution in [1.82, 2.24) is 10.2 Å². The predicted molar refractivity (Wildman–Crippen MR) is 76.7 cm³/mol. The maximum absolute atomic E-state index is 10.4. The molecule has 0 bridgehead atoms. The minimum absolute atomic E-state index is 0.582. The molecule has 0 fully saturated rings. The predicted octanol–water partition coefficient (Wildman–Crippen LogP) is 1.83. The largest absolute Gasteiger partial charge is 0.384 e. The number of rotatable bonds is 8. The summed E-state index contributed by atoms with van der Waals surface area (Å²) in [6.07, 6.45) is 0. The summed E-state index contributed by atoms with van der Waals surface area (Å²) in [5.74, 6) is 0. The number of likely N-dealkylation sites (N-methyl/N-ethyl adjacent to an activating group) is 1. The second-order valence-electron chi connectivity index (χ2n) is 4.84. The minimum atomic E-state index is -0.801. The topological polar surface area (TPSA) is 35.5 Å². The van der Waals surface area contributed by atoms with Crippen LogP contribution >= 0.6 is 0 Å². The molecule has 1 aromatic rings. The molecule has 0 saturated heterocycles. The highest BCUT2D eigenvalue weighted by atomic mass is 16.3. The van der Waals surface area contributed by atoms with E-state index in [4.69, 9.17) is 0 Å². The third-order valence-corrected chi connectivity index (χ3v) is 3.36. The number of benzene rings is 1.